The number of nitrogens with zero attached hydrogens (tertiary/aromatic N) is 1. The number of hydrogen-bond donors (Lipinski definition) is 0. The number of aromatic nitrogens is 1. The van der Waals surface area contributed by atoms with Crippen LogP contribution in [0.1, 0.15) is 55.7 Å². The molecule has 0 unspecified atom stereocenters. The number of carbonyl (C=O) groups excluding carboxylic acids is 3. The smallest absolute Gasteiger partial charge is 0.307 e. The summed E-state index contributed by atoms with van der Waals surface area (Å²) in [6, 6.07) is 15.8. The molecule has 0 aliphatic rings. The van der Waals surface area contributed by atoms with Crippen molar-refractivity contribution in [1.82, 2.24) is 4.57 Å². The quantitative estimate of drug-likeness (QED) is 0.122. The first-order chi connectivity index (χ1) is 15.6. The summed E-state index contributed by atoms with van der Waals surface area (Å²) in [5.74, 6) is -0.396. The van der Waals surface area contributed by atoms with Crippen LogP contribution in [0.3, 0.4) is 0 Å². The number of thioether (sulfide) groups is 1. The highest BCUT2D eigenvalue weighted by Crippen LogP contribution is 2.33. The predicted molar refractivity (Wildman–Crippen MR) is 133 cm³/mol. The maximum atomic E-state index is 12.8. The molecule has 0 saturated heterocycles. The maximum Gasteiger partial charge on any atom is 0.307 e. The molecule has 5 nitrogen and oxygen atoms in total. The second-order valence-corrected chi connectivity index (χ2v) is 10.2. The molecule has 3 rings (SSSR count). The van der Waals surface area contributed by atoms with Gasteiger partial charge in [0.25, 0.3) is 5.24 Å². The van der Waals surface area contributed by atoms with Gasteiger partial charge in [0.05, 0.1) is 12.0 Å². The first-order valence-corrected chi connectivity index (χ1v) is 12.2. The van der Waals surface area contributed by atoms with Crippen molar-refractivity contribution >= 4 is 51.3 Å². The SMILES string of the molecule is CCc1c(C(=O)C(=O)Cl)c2cc(SCCC(=O)OC(C)(C)C)ccc2n1Cc1ccccc1. The number of fused-ring (bicyclic) bond motifs is 1. The number of ether oxygens (including phenoxy) is 1. The lowest BCUT2D eigenvalue weighted by atomic mass is 10.1. The van der Waals surface area contributed by atoms with Gasteiger partial charge in [0.1, 0.15) is 5.60 Å². The van der Waals surface area contributed by atoms with Crippen LogP contribution >= 0.6 is 23.4 Å². The van der Waals surface area contributed by atoms with Crippen LogP contribution in [-0.2, 0) is 27.3 Å². The van der Waals surface area contributed by atoms with E-state index in [9.17, 15) is 14.4 Å². The fraction of sp³-hybridized carbons (Fsp3) is 0.346. The third-order valence-electron chi connectivity index (χ3n) is 5.06. The number of carbonyl (C=O) groups is 3. The molecule has 0 aliphatic heterocycles. The van der Waals surface area contributed by atoms with Gasteiger partial charge in [-0.15, -0.1) is 11.8 Å². The second-order valence-electron chi connectivity index (χ2n) is 8.71. The molecule has 33 heavy (non-hydrogen) atoms. The van der Waals surface area contributed by atoms with E-state index in [0.29, 0.717) is 29.7 Å². The molecule has 3 aromatic rings. The summed E-state index contributed by atoms with van der Waals surface area (Å²) in [5.41, 5.74) is 2.59. The summed E-state index contributed by atoms with van der Waals surface area (Å²) in [7, 11) is 0. The summed E-state index contributed by atoms with van der Waals surface area (Å²) in [4.78, 5) is 37.5. The standard InChI is InChI=1S/C26H28ClNO4S/c1-5-20-23(24(30)25(27)31)19-15-18(33-14-13-22(29)32-26(2,3)4)11-12-21(19)28(20)16-17-9-7-6-8-10-17/h6-12,15H,5,13-14,16H2,1-4H3. The van der Waals surface area contributed by atoms with Gasteiger partial charge in [-0.25, -0.2) is 0 Å². The summed E-state index contributed by atoms with van der Waals surface area (Å²) < 4.78 is 7.44. The Bertz CT molecular complexity index is 1180. The average molecular weight is 486 g/mol. The Morgan fingerprint density at radius 1 is 1.06 bits per heavy atom. The van der Waals surface area contributed by atoms with Crippen LogP contribution in [0.2, 0.25) is 0 Å². The van der Waals surface area contributed by atoms with Gasteiger partial charge in [0, 0.05) is 33.8 Å². The van der Waals surface area contributed by atoms with Crippen molar-refractivity contribution in [3.05, 3.63) is 65.4 Å². The summed E-state index contributed by atoms with van der Waals surface area (Å²) in [6.45, 7) is 8.06. The number of ketones is 1. The highest BCUT2D eigenvalue weighted by atomic mass is 35.5. The number of hydrogen-bond acceptors (Lipinski definition) is 5. The normalized spacial score (nSPS) is 11.5. The number of esters is 1. The lowest BCUT2D eigenvalue weighted by molar-refractivity contribution is -0.154. The number of rotatable bonds is 9. The Balaban J connectivity index is 1.95. The van der Waals surface area contributed by atoms with Crippen molar-refractivity contribution in [2.75, 3.05) is 5.75 Å². The molecule has 174 valence electrons. The first-order valence-electron chi connectivity index (χ1n) is 10.9. The molecule has 1 heterocycles. The number of Topliss-reactive ketones (excluding diaryl/α,β-unsaturated/α-hetero) is 1. The average Bonchev–Trinajstić information content (AvgIpc) is 3.05. The van der Waals surface area contributed by atoms with Gasteiger partial charge in [-0.1, -0.05) is 37.3 Å². The van der Waals surface area contributed by atoms with Crippen LogP contribution in [0, 0.1) is 0 Å². The van der Waals surface area contributed by atoms with E-state index >= 15 is 0 Å². The second kappa shape index (κ2) is 10.6. The first kappa shape index (κ1) is 25.1. The topological polar surface area (TPSA) is 65.4 Å². The monoisotopic (exact) mass is 485 g/mol. The largest absolute Gasteiger partial charge is 0.460 e. The van der Waals surface area contributed by atoms with Gasteiger partial charge in [-0.05, 0) is 62.6 Å². The van der Waals surface area contributed by atoms with E-state index in [4.69, 9.17) is 16.3 Å². The van der Waals surface area contributed by atoms with E-state index in [2.05, 4.69) is 4.57 Å². The lowest BCUT2D eigenvalue weighted by Crippen LogP contribution is -2.23. The van der Waals surface area contributed by atoms with Gasteiger partial charge < -0.3 is 9.30 Å². The molecule has 0 N–H and O–H groups in total. The summed E-state index contributed by atoms with van der Waals surface area (Å²) in [5, 5.41) is -0.296. The molecule has 0 spiro atoms. The molecular weight excluding hydrogens is 458 g/mol. The molecule has 0 fully saturated rings. The molecule has 0 radical (unpaired) electrons. The van der Waals surface area contributed by atoms with Crippen molar-refractivity contribution < 1.29 is 19.1 Å². The van der Waals surface area contributed by atoms with E-state index in [1.165, 1.54) is 11.8 Å². The predicted octanol–water partition coefficient (Wildman–Crippen LogP) is 6.02. The fourth-order valence-electron chi connectivity index (χ4n) is 3.79. The third kappa shape index (κ3) is 6.27. The van der Waals surface area contributed by atoms with E-state index in [1.54, 1.807) is 0 Å². The molecule has 0 bridgehead atoms. The molecule has 0 saturated carbocycles. The van der Waals surface area contributed by atoms with Gasteiger partial charge in [0.2, 0.25) is 5.78 Å². The van der Waals surface area contributed by atoms with Gasteiger partial charge in [0.15, 0.2) is 0 Å². The highest BCUT2D eigenvalue weighted by Gasteiger charge is 2.25. The number of halogens is 1. The molecule has 0 aliphatic carbocycles. The molecule has 0 amide bonds. The molecule has 0 atom stereocenters. The third-order valence-corrected chi connectivity index (χ3v) is 6.23. The van der Waals surface area contributed by atoms with Crippen LogP contribution in [0.4, 0.5) is 0 Å². The van der Waals surface area contributed by atoms with Crippen LogP contribution in [0.5, 0.6) is 0 Å². The summed E-state index contributed by atoms with van der Waals surface area (Å²) in [6.07, 6.45) is 0.856. The molecule has 2 aromatic carbocycles. The van der Waals surface area contributed by atoms with Gasteiger partial charge in [-0.3, -0.25) is 14.4 Å². The molecule has 1 aromatic heterocycles. The Kier molecular flexibility index (Phi) is 8.03. The lowest BCUT2D eigenvalue weighted by Gasteiger charge is -2.19. The van der Waals surface area contributed by atoms with Gasteiger partial charge >= 0.3 is 5.97 Å². The minimum absolute atomic E-state index is 0.248. The summed E-state index contributed by atoms with van der Waals surface area (Å²) >= 11 is 7.12. The van der Waals surface area contributed by atoms with Crippen LogP contribution in [-0.4, -0.2) is 32.9 Å². The zero-order valence-electron chi connectivity index (χ0n) is 19.3. The highest BCUT2D eigenvalue weighted by molar-refractivity contribution is 7.99. The van der Waals surface area contributed by atoms with E-state index in [1.807, 2.05) is 76.2 Å². The van der Waals surface area contributed by atoms with Crippen molar-refractivity contribution in [1.29, 1.82) is 0 Å². The molecular formula is C26H28ClNO4S. The van der Waals surface area contributed by atoms with E-state index in [0.717, 1.165) is 21.7 Å². The van der Waals surface area contributed by atoms with Crippen molar-refractivity contribution in [3.63, 3.8) is 0 Å². The van der Waals surface area contributed by atoms with Crippen molar-refractivity contribution in [2.45, 2.75) is 57.6 Å². The van der Waals surface area contributed by atoms with Crippen molar-refractivity contribution in [3.8, 4) is 0 Å². The molecule has 7 heteroatoms. The van der Waals surface area contributed by atoms with E-state index < -0.39 is 16.6 Å². The Morgan fingerprint density at radius 2 is 1.76 bits per heavy atom. The minimum atomic E-state index is -0.994. The Hall–Kier alpha value is -2.57. The Labute approximate surface area is 203 Å². The van der Waals surface area contributed by atoms with Gasteiger partial charge in [-0.2, -0.15) is 0 Å². The fourth-order valence-corrected chi connectivity index (χ4v) is 4.75. The van der Waals surface area contributed by atoms with E-state index in [-0.39, 0.29) is 12.4 Å². The van der Waals surface area contributed by atoms with Crippen LogP contribution < -0.4 is 0 Å². The zero-order chi connectivity index (χ0) is 24.2. The van der Waals surface area contributed by atoms with Crippen molar-refractivity contribution in [2.24, 2.45) is 0 Å². The number of benzene rings is 2. The van der Waals surface area contributed by atoms with Crippen LogP contribution in [0.15, 0.2) is 53.4 Å². The zero-order valence-corrected chi connectivity index (χ0v) is 20.9. The van der Waals surface area contributed by atoms with Crippen LogP contribution in [0.25, 0.3) is 10.9 Å². The Morgan fingerprint density at radius 3 is 2.36 bits per heavy atom. The minimum Gasteiger partial charge on any atom is -0.460 e. The maximum absolute atomic E-state index is 12.8.